The number of para-hydroxylation sites is 1. The molecule has 0 saturated carbocycles. The van der Waals surface area contributed by atoms with Crippen molar-refractivity contribution in [2.24, 2.45) is 0 Å². The van der Waals surface area contributed by atoms with E-state index in [4.69, 9.17) is 4.42 Å². The molecular weight excluding hydrogens is 376 g/mol. The maximum atomic E-state index is 12.9. The van der Waals surface area contributed by atoms with Crippen molar-refractivity contribution in [3.05, 3.63) is 64.5 Å². The van der Waals surface area contributed by atoms with Crippen molar-refractivity contribution in [3.8, 4) is 0 Å². The molecule has 0 amide bonds. The monoisotopic (exact) mass is 400 g/mol. The molecule has 148 valence electrons. The Morgan fingerprint density at radius 1 is 0.964 bits per heavy atom. The molecule has 1 aromatic heterocycles. The number of anilines is 2. The summed E-state index contributed by atoms with van der Waals surface area (Å²) in [6, 6.07) is 13.6. The van der Waals surface area contributed by atoms with Gasteiger partial charge in [0.1, 0.15) is 5.58 Å². The second kappa shape index (κ2) is 7.31. The van der Waals surface area contributed by atoms with E-state index in [0.717, 1.165) is 5.56 Å². The third kappa shape index (κ3) is 3.89. The SMILES string of the molecule is CCNc1c(NS(=O)(=O)c2ccc(C(C)(C)C)cc2)c(=O)oc2ccccc12. The number of rotatable bonds is 5. The maximum absolute atomic E-state index is 12.9. The van der Waals surface area contributed by atoms with Crippen molar-refractivity contribution in [1.29, 1.82) is 0 Å². The molecule has 0 radical (unpaired) electrons. The molecule has 3 rings (SSSR count). The summed E-state index contributed by atoms with van der Waals surface area (Å²) in [7, 11) is -3.96. The standard InChI is InChI=1S/C21H24N2O4S/c1-5-22-18-16-8-6-7-9-17(16)27-20(24)19(18)23-28(25,26)15-12-10-14(11-13-15)21(2,3)4/h6-13,22-23H,5H2,1-4H3. The van der Waals surface area contributed by atoms with Crippen LogP contribution in [0.4, 0.5) is 11.4 Å². The highest BCUT2D eigenvalue weighted by atomic mass is 32.2. The van der Waals surface area contributed by atoms with E-state index in [0.29, 0.717) is 23.2 Å². The van der Waals surface area contributed by atoms with Crippen molar-refractivity contribution < 1.29 is 12.8 Å². The Hall–Kier alpha value is -2.80. The summed E-state index contributed by atoms with van der Waals surface area (Å²) in [5.41, 5.74) is 0.855. The summed E-state index contributed by atoms with van der Waals surface area (Å²) in [5.74, 6) is 0. The number of nitrogens with one attached hydrogen (secondary N) is 2. The number of benzene rings is 2. The molecule has 0 aliphatic rings. The van der Waals surface area contributed by atoms with Gasteiger partial charge in [0.2, 0.25) is 0 Å². The highest BCUT2D eigenvalue weighted by Crippen LogP contribution is 2.30. The Bertz CT molecular complexity index is 1160. The van der Waals surface area contributed by atoms with E-state index in [9.17, 15) is 13.2 Å². The van der Waals surface area contributed by atoms with Crippen molar-refractivity contribution in [2.45, 2.75) is 38.0 Å². The Balaban J connectivity index is 2.07. The minimum Gasteiger partial charge on any atom is -0.421 e. The van der Waals surface area contributed by atoms with Crippen LogP contribution < -0.4 is 15.7 Å². The topological polar surface area (TPSA) is 88.4 Å². The average molecular weight is 401 g/mol. The zero-order valence-corrected chi connectivity index (χ0v) is 17.2. The minimum absolute atomic E-state index is 0.0792. The molecule has 2 N–H and O–H groups in total. The molecule has 0 unspecified atom stereocenters. The molecule has 3 aromatic rings. The first-order chi connectivity index (χ1) is 13.1. The largest absolute Gasteiger partial charge is 0.421 e. The Labute approximate surface area is 164 Å². The second-order valence-corrected chi connectivity index (χ2v) is 9.23. The van der Waals surface area contributed by atoms with Gasteiger partial charge in [0.25, 0.3) is 10.0 Å². The quantitative estimate of drug-likeness (QED) is 0.623. The van der Waals surface area contributed by atoms with Crippen LogP contribution in [0.3, 0.4) is 0 Å². The van der Waals surface area contributed by atoms with Crippen LogP contribution in [-0.4, -0.2) is 15.0 Å². The fourth-order valence-corrected chi connectivity index (χ4v) is 4.00. The Morgan fingerprint density at radius 3 is 2.21 bits per heavy atom. The van der Waals surface area contributed by atoms with E-state index in [1.54, 1.807) is 48.5 Å². The molecule has 0 atom stereocenters. The van der Waals surface area contributed by atoms with Crippen LogP contribution in [0.25, 0.3) is 11.0 Å². The van der Waals surface area contributed by atoms with Gasteiger partial charge in [-0.1, -0.05) is 45.0 Å². The fourth-order valence-electron chi connectivity index (χ4n) is 2.93. The van der Waals surface area contributed by atoms with Crippen LogP contribution in [-0.2, 0) is 15.4 Å². The third-order valence-corrected chi connectivity index (χ3v) is 5.80. The normalized spacial score (nSPS) is 12.1. The molecular formula is C21H24N2O4S. The van der Waals surface area contributed by atoms with E-state index in [2.05, 4.69) is 30.8 Å². The van der Waals surface area contributed by atoms with Crippen molar-refractivity contribution in [1.82, 2.24) is 0 Å². The van der Waals surface area contributed by atoms with Gasteiger partial charge in [-0.25, -0.2) is 13.2 Å². The summed E-state index contributed by atoms with van der Waals surface area (Å²) >= 11 is 0. The number of fused-ring (bicyclic) bond motifs is 1. The van der Waals surface area contributed by atoms with Crippen LogP contribution in [0.15, 0.2) is 62.6 Å². The summed E-state index contributed by atoms with van der Waals surface area (Å²) in [4.78, 5) is 12.6. The molecule has 6 nitrogen and oxygen atoms in total. The average Bonchev–Trinajstić information content (AvgIpc) is 2.64. The molecule has 1 heterocycles. The Morgan fingerprint density at radius 2 is 1.61 bits per heavy atom. The van der Waals surface area contributed by atoms with Crippen LogP contribution in [0.1, 0.15) is 33.3 Å². The molecule has 28 heavy (non-hydrogen) atoms. The van der Waals surface area contributed by atoms with Gasteiger partial charge >= 0.3 is 5.63 Å². The van der Waals surface area contributed by atoms with Crippen LogP contribution in [0, 0.1) is 0 Å². The molecule has 7 heteroatoms. The van der Waals surface area contributed by atoms with Gasteiger partial charge in [-0.2, -0.15) is 0 Å². The lowest BCUT2D eigenvalue weighted by molar-refractivity contribution is 0.563. The van der Waals surface area contributed by atoms with Crippen LogP contribution in [0.5, 0.6) is 0 Å². The molecule has 2 aromatic carbocycles. The van der Waals surface area contributed by atoms with E-state index in [1.807, 2.05) is 6.92 Å². The smallest absolute Gasteiger partial charge is 0.363 e. The van der Waals surface area contributed by atoms with Gasteiger partial charge in [-0.3, -0.25) is 4.72 Å². The lowest BCUT2D eigenvalue weighted by atomic mass is 9.87. The lowest BCUT2D eigenvalue weighted by Crippen LogP contribution is -2.21. The molecule has 0 bridgehead atoms. The van der Waals surface area contributed by atoms with Gasteiger partial charge in [0, 0.05) is 11.9 Å². The van der Waals surface area contributed by atoms with E-state index >= 15 is 0 Å². The molecule has 0 aliphatic heterocycles. The van der Waals surface area contributed by atoms with Gasteiger partial charge in [-0.05, 0) is 42.2 Å². The van der Waals surface area contributed by atoms with Gasteiger partial charge in [-0.15, -0.1) is 0 Å². The molecule has 0 aliphatic carbocycles. The highest BCUT2D eigenvalue weighted by molar-refractivity contribution is 7.92. The van der Waals surface area contributed by atoms with Gasteiger partial charge in [0.05, 0.1) is 10.6 Å². The molecule has 0 fully saturated rings. The molecule has 0 spiro atoms. The lowest BCUT2D eigenvalue weighted by Gasteiger charge is -2.19. The molecule has 0 saturated heterocycles. The van der Waals surface area contributed by atoms with Crippen molar-refractivity contribution in [3.63, 3.8) is 0 Å². The Kier molecular flexibility index (Phi) is 5.21. The minimum atomic E-state index is -3.96. The third-order valence-electron chi connectivity index (χ3n) is 4.43. The highest BCUT2D eigenvalue weighted by Gasteiger charge is 2.22. The van der Waals surface area contributed by atoms with E-state index < -0.39 is 15.6 Å². The first-order valence-corrected chi connectivity index (χ1v) is 10.5. The van der Waals surface area contributed by atoms with Gasteiger partial charge < -0.3 is 9.73 Å². The first-order valence-electron chi connectivity index (χ1n) is 9.06. The maximum Gasteiger partial charge on any atom is 0.363 e. The fraction of sp³-hybridized carbons (Fsp3) is 0.286. The summed E-state index contributed by atoms with van der Waals surface area (Å²) in [6.45, 7) is 8.54. The number of hydrogen-bond acceptors (Lipinski definition) is 5. The summed E-state index contributed by atoms with van der Waals surface area (Å²) in [5, 5.41) is 3.71. The van der Waals surface area contributed by atoms with E-state index in [1.165, 1.54) is 0 Å². The van der Waals surface area contributed by atoms with Crippen LogP contribution >= 0.6 is 0 Å². The predicted octanol–water partition coefficient (Wildman–Crippen LogP) is 4.32. The number of hydrogen-bond donors (Lipinski definition) is 2. The predicted molar refractivity (Wildman–Crippen MR) is 113 cm³/mol. The summed E-state index contributed by atoms with van der Waals surface area (Å²) in [6.07, 6.45) is 0. The zero-order chi connectivity index (χ0) is 20.5. The second-order valence-electron chi connectivity index (χ2n) is 7.55. The van der Waals surface area contributed by atoms with Crippen molar-refractivity contribution >= 4 is 32.4 Å². The summed E-state index contributed by atoms with van der Waals surface area (Å²) < 4.78 is 33.5. The number of sulfonamides is 1. The van der Waals surface area contributed by atoms with Crippen LogP contribution in [0.2, 0.25) is 0 Å². The first kappa shape index (κ1) is 19.9. The zero-order valence-electron chi connectivity index (χ0n) is 16.4. The van der Waals surface area contributed by atoms with E-state index in [-0.39, 0.29) is 16.0 Å². The van der Waals surface area contributed by atoms with Gasteiger partial charge in [0.15, 0.2) is 5.69 Å². The van der Waals surface area contributed by atoms with Crippen molar-refractivity contribution in [2.75, 3.05) is 16.6 Å².